The molecular weight excluding hydrogens is 340 g/mol. The second kappa shape index (κ2) is 7.92. The molecule has 0 bridgehead atoms. The number of hydrogen-bond acceptors (Lipinski definition) is 4. The maximum atomic E-state index is 13.7. The lowest BCUT2D eigenvalue weighted by atomic mass is 9.74. The van der Waals surface area contributed by atoms with E-state index in [4.69, 9.17) is 0 Å². The quantitative estimate of drug-likeness (QED) is 0.831. The van der Waals surface area contributed by atoms with Crippen LogP contribution in [0, 0.1) is 5.92 Å². The van der Waals surface area contributed by atoms with Gasteiger partial charge in [-0.1, -0.05) is 25.7 Å². The van der Waals surface area contributed by atoms with E-state index in [9.17, 15) is 9.90 Å². The number of carbonyl (C=O) groups is 1. The molecule has 0 radical (unpaired) electrons. The number of carbonyl (C=O) groups excluding carboxylic acids is 1. The van der Waals surface area contributed by atoms with Gasteiger partial charge in [0.1, 0.15) is 5.54 Å². The van der Waals surface area contributed by atoms with Gasteiger partial charge in [0.25, 0.3) is 0 Å². The summed E-state index contributed by atoms with van der Waals surface area (Å²) in [5.74, 6) is 0.509. The molecule has 3 aliphatic rings. The minimum Gasteiger partial charge on any atom is -0.393 e. The number of nitrogens with one attached hydrogen (secondary N) is 1. The van der Waals surface area contributed by atoms with Crippen molar-refractivity contribution in [2.75, 3.05) is 13.1 Å². The molecule has 1 amide bonds. The van der Waals surface area contributed by atoms with Gasteiger partial charge in [-0.3, -0.25) is 14.4 Å². The van der Waals surface area contributed by atoms with E-state index in [2.05, 4.69) is 15.3 Å². The number of amides is 1. The van der Waals surface area contributed by atoms with Gasteiger partial charge in [0, 0.05) is 18.8 Å². The molecule has 150 valence electrons. The molecular formula is C21H34N4O2. The molecule has 4 rings (SSSR count). The van der Waals surface area contributed by atoms with E-state index in [0.29, 0.717) is 5.92 Å². The Hall–Kier alpha value is -1.40. The summed E-state index contributed by atoms with van der Waals surface area (Å²) in [7, 11) is 1.91. The molecule has 6 nitrogen and oxygen atoms in total. The molecule has 27 heavy (non-hydrogen) atoms. The molecule has 2 aliphatic carbocycles. The van der Waals surface area contributed by atoms with Crippen LogP contribution in [-0.2, 0) is 11.8 Å². The summed E-state index contributed by atoms with van der Waals surface area (Å²) in [6, 6.07) is -0.0433. The highest BCUT2D eigenvalue weighted by atomic mass is 16.3. The van der Waals surface area contributed by atoms with E-state index >= 15 is 0 Å². The van der Waals surface area contributed by atoms with Crippen molar-refractivity contribution in [3.63, 3.8) is 0 Å². The number of nitrogens with zero attached hydrogens (tertiary/aromatic N) is 3. The number of piperidine rings is 1. The minimum atomic E-state index is -0.332. The number of aromatic nitrogens is 2. The monoisotopic (exact) mass is 374 g/mol. The number of rotatable bonds is 5. The zero-order valence-corrected chi connectivity index (χ0v) is 16.6. The van der Waals surface area contributed by atoms with Crippen molar-refractivity contribution < 1.29 is 9.90 Å². The van der Waals surface area contributed by atoms with Gasteiger partial charge in [-0.25, -0.2) is 0 Å². The summed E-state index contributed by atoms with van der Waals surface area (Å²) in [5, 5.41) is 17.6. The molecule has 3 fully saturated rings. The highest BCUT2D eigenvalue weighted by Crippen LogP contribution is 2.40. The average Bonchev–Trinajstić information content (AvgIpc) is 3.11. The van der Waals surface area contributed by atoms with Crippen LogP contribution in [0.2, 0.25) is 0 Å². The lowest BCUT2D eigenvalue weighted by Gasteiger charge is -2.48. The predicted molar refractivity (Wildman–Crippen MR) is 104 cm³/mol. The summed E-state index contributed by atoms with van der Waals surface area (Å²) in [5.41, 5.74) is 0.731. The molecule has 2 N–H and O–H groups in total. The summed E-state index contributed by atoms with van der Waals surface area (Å²) in [4.78, 5) is 16.2. The van der Waals surface area contributed by atoms with E-state index in [1.54, 1.807) is 4.68 Å². The third-order valence-corrected chi connectivity index (χ3v) is 7.06. The van der Waals surface area contributed by atoms with E-state index in [-0.39, 0.29) is 23.6 Å². The van der Waals surface area contributed by atoms with Gasteiger partial charge in [-0.2, -0.15) is 5.10 Å². The maximum Gasteiger partial charge on any atom is 0.241 e. The topological polar surface area (TPSA) is 70.4 Å². The van der Waals surface area contributed by atoms with Crippen LogP contribution in [0.1, 0.15) is 75.8 Å². The Morgan fingerprint density at radius 1 is 1.19 bits per heavy atom. The molecule has 0 aromatic carbocycles. The Bertz CT molecular complexity index is 640. The number of aliphatic hydroxyl groups excluding tert-OH is 1. The lowest BCUT2D eigenvalue weighted by molar-refractivity contribution is -0.139. The standard InChI is InChI=1S/C21H34N4O2/c1-24-15-17(14-22-24)19(16-12-18(26)13-16)23-20(27)21(8-4-2-5-9-21)25-10-6-3-7-11-25/h14-16,18-19,26H,2-13H2,1H3,(H,23,27)/t16?,18?,19-/m1/s1. The predicted octanol–water partition coefficient (Wildman–Crippen LogP) is 2.54. The molecule has 2 heterocycles. The van der Waals surface area contributed by atoms with E-state index < -0.39 is 0 Å². The van der Waals surface area contributed by atoms with Crippen LogP contribution in [0.25, 0.3) is 0 Å². The van der Waals surface area contributed by atoms with Crippen LogP contribution in [0.3, 0.4) is 0 Å². The summed E-state index contributed by atoms with van der Waals surface area (Å²) >= 11 is 0. The molecule has 0 spiro atoms. The number of hydrogen-bond donors (Lipinski definition) is 2. The lowest BCUT2D eigenvalue weighted by Crippen LogP contribution is -2.62. The van der Waals surface area contributed by atoms with Gasteiger partial charge >= 0.3 is 0 Å². The molecule has 1 aromatic heterocycles. The van der Waals surface area contributed by atoms with E-state index in [0.717, 1.165) is 57.2 Å². The third-order valence-electron chi connectivity index (χ3n) is 7.06. The molecule has 1 saturated heterocycles. The van der Waals surface area contributed by atoms with Crippen molar-refractivity contribution in [2.45, 2.75) is 81.9 Å². The van der Waals surface area contributed by atoms with Crippen LogP contribution in [0.5, 0.6) is 0 Å². The van der Waals surface area contributed by atoms with Gasteiger partial charge < -0.3 is 10.4 Å². The highest BCUT2D eigenvalue weighted by Gasteiger charge is 2.47. The maximum absolute atomic E-state index is 13.7. The van der Waals surface area contributed by atoms with Gasteiger partial charge in [0.05, 0.1) is 18.3 Å². The number of aryl methyl sites for hydroxylation is 1. The Morgan fingerprint density at radius 3 is 2.44 bits per heavy atom. The first-order chi connectivity index (χ1) is 13.1. The van der Waals surface area contributed by atoms with Gasteiger partial charge in [0.2, 0.25) is 5.91 Å². The second-order valence-electron chi connectivity index (χ2n) is 8.92. The van der Waals surface area contributed by atoms with Crippen LogP contribution in [0.15, 0.2) is 12.4 Å². The van der Waals surface area contributed by atoms with Crippen LogP contribution in [-0.4, -0.2) is 50.4 Å². The number of aliphatic hydroxyl groups is 1. The van der Waals surface area contributed by atoms with Crippen molar-refractivity contribution >= 4 is 5.91 Å². The van der Waals surface area contributed by atoms with Crippen LogP contribution >= 0.6 is 0 Å². The van der Waals surface area contributed by atoms with Gasteiger partial charge in [-0.15, -0.1) is 0 Å². The fourth-order valence-corrected chi connectivity index (χ4v) is 5.40. The highest BCUT2D eigenvalue weighted by molar-refractivity contribution is 5.87. The first-order valence-electron chi connectivity index (χ1n) is 10.8. The van der Waals surface area contributed by atoms with Crippen LogP contribution < -0.4 is 5.32 Å². The third kappa shape index (κ3) is 3.79. The fourth-order valence-electron chi connectivity index (χ4n) is 5.40. The molecule has 2 saturated carbocycles. The van der Waals surface area contributed by atoms with E-state index in [1.807, 2.05) is 19.4 Å². The average molecular weight is 375 g/mol. The molecule has 0 unspecified atom stereocenters. The van der Waals surface area contributed by atoms with Crippen molar-refractivity contribution in [2.24, 2.45) is 13.0 Å². The van der Waals surface area contributed by atoms with Crippen molar-refractivity contribution in [1.82, 2.24) is 20.0 Å². The summed E-state index contributed by atoms with van der Waals surface area (Å²) in [6.07, 6.45) is 14.3. The van der Waals surface area contributed by atoms with Crippen molar-refractivity contribution in [3.8, 4) is 0 Å². The Balaban J connectivity index is 1.55. The fraction of sp³-hybridized carbons (Fsp3) is 0.810. The minimum absolute atomic E-state index is 0.0433. The summed E-state index contributed by atoms with van der Waals surface area (Å²) < 4.78 is 1.80. The largest absolute Gasteiger partial charge is 0.393 e. The summed E-state index contributed by atoms with van der Waals surface area (Å²) in [6.45, 7) is 2.10. The molecule has 1 aromatic rings. The Morgan fingerprint density at radius 2 is 1.85 bits per heavy atom. The second-order valence-corrected chi connectivity index (χ2v) is 8.92. The Kier molecular flexibility index (Phi) is 5.55. The molecule has 1 atom stereocenters. The normalized spacial score (nSPS) is 29.7. The molecule has 6 heteroatoms. The zero-order valence-electron chi connectivity index (χ0n) is 16.6. The van der Waals surface area contributed by atoms with Gasteiger partial charge in [0.15, 0.2) is 0 Å². The van der Waals surface area contributed by atoms with E-state index in [1.165, 1.54) is 25.7 Å². The van der Waals surface area contributed by atoms with Crippen LogP contribution in [0.4, 0.5) is 0 Å². The number of likely N-dealkylation sites (tertiary alicyclic amines) is 1. The molecule has 1 aliphatic heterocycles. The first kappa shape index (κ1) is 18.9. The smallest absolute Gasteiger partial charge is 0.241 e. The van der Waals surface area contributed by atoms with Crippen molar-refractivity contribution in [1.29, 1.82) is 0 Å². The zero-order chi connectivity index (χ0) is 18.9. The van der Waals surface area contributed by atoms with Gasteiger partial charge in [-0.05, 0) is 57.5 Å². The first-order valence-corrected chi connectivity index (χ1v) is 10.8. The Labute approximate surface area is 162 Å². The SMILES string of the molecule is Cn1cc([C@H](NC(=O)C2(N3CCCCC3)CCCCC2)C2CC(O)C2)cn1. The van der Waals surface area contributed by atoms with Crippen molar-refractivity contribution in [3.05, 3.63) is 18.0 Å².